The van der Waals surface area contributed by atoms with Crippen LogP contribution in [0.25, 0.3) is 11.8 Å². The number of aromatic nitrogens is 2. The summed E-state index contributed by atoms with van der Waals surface area (Å²) in [5.74, 6) is 0.227. The quantitative estimate of drug-likeness (QED) is 0.354. The Morgan fingerprint density at radius 1 is 1.14 bits per heavy atom. The van der Waals surface area contributed by atoms with Crippen molar-refractivity contribution in [3.05, 3.63) is 81.1 Å². The van der Waals surface area contributed by atoms with Gasteiger partial charge in [0.05, 0.1) is 23.4 Å². The molecule has 186 valence electrons. The molecule has 0 saturated carbocycles. The lowest BCUT2D eigenvalue weighted by atomic mass is 10.2. The average molecular weight is 523 g/mol. The number of thiocarbonyl (C=S) groups is 1. The van der Waals surface area contributed by atoms with Crippen molar-refractivity contribution in [3.8, 4) is 11.4 Å². The summed E-state index contributed by atoms with van der Waals surface area (Å²) >= 11 is 6.63. The van der Waals surface area contributed by atoms with Crippen molar-refractivity contribution in [1.82, 2.24) is 14.3 Å². The Kier molecular flexibility index (Phi) is 7.76. The second-order valence-corrected chi connectivity index (χ2v) is 9.87. The summed E-state index contributed by atoms with van der Waals surface area (Å²) in [5.41, 5.74) is 2.16. The van der Waals surface area contributed by atoms with Crippen LogP contribution in [0.2, 0.25) is 0 Å². The maximum Gasteiger partial charge on any atom is 0.295 e. The van der Waals surface area contributed by atoms with Crippen LogP contribution < -0.4 is 15.6 Å². The van der Waals surface area contributed by atoms with Crippen molar-refractivity contribution < 1.29 is 14.3 Å². The number of carbonyl (C=O) groups is 2. The van der Waals surface area contributed by atoms with E-state index in [1.54, 1.807) is 31.8 Å². The Balaban J connectivity index is 1.37. The van der Waals surface area contributed by atoms with E-state index in [4.69, 9.17) is 17.0 Å². The Morgan fingerprint density at radius 3 is 2.61 bits per heavy atom. The molecule has 0 unspecified atom stereocenters. The van der Waals surface area contributed by atoms with E-state index in [0.717, 1.165) is 5.56 Å². The number of hydrogen-bond donors (Lipinski definition) is 1. The molecule has 4 rings (SSSR count). The number of methoxy groups -OCH3 is 1. The van der Waals surface area contributed by atoms with Crippen LogP contribution in [0.4, 0.5) is 5.69 Å². The van der Waals surface area contributed by atoms with Crippen molar-refractivity contribution in [2.75, 3.05) is 19.0 Å². The zero-order chi connectivity index (χ0) is 25.8. The summed E-state index contributed by atoms with van der Waals surface area (Å²) in [5, 5.41) is 2.75. The lowest BCUT2D eigenvalue weighted by molar-refractivity contribution is -0.122. The van der Waals surface area contributed by atoms with Crippen molar-refractivity contribution in [2.24, 2.45) is 7.05 Å². The molecule has 1 aromatic heterocycles. The van der Waals surface area contributed by atoms with E-state index in [0.29, 0.717) is 39.3 Å². The van der Waals surface area contributed by atoms with Crippen LogP contribution in [-0.2, 0) is 16.6 Å². The molecule has 1 aliphatic heterocycles. The molecule has 0 spiro atoms. The van der Waals surface area contributed by atoms with E-state index in [1.807, 2.05) is 54.6 Å². The fourth-order valence-corrected chi connectivity index (χ4v) is 5.20. The van der Waals surface area contributed by atoms with Gasteiger partial charge in [0.15, 0.2) is 0 Å². The molecule has 3 aromatic rings. The maximum absolute atomic E-state index is 13.0. The minimum atomic E-state index is -0.297. The van der Waals surface area contributed by atoms with Crippen LogP contribution in [0.5, 0.6) is 5.75 Å². The first-order valence-electron chi connectivity index (χ1n) is 11.3. The van der Waals surface area contributed by atoms with Crippen LogP contribution >= 0.6 is 24.0 Å². The Morgan fingerprint density at radius 2 is 1.89 bits per heavy atom. The normalized spacial score (nSPS) is 14.5. The average Bonchev–Trinajstić information content (AvgIpc) is 3.26. The Hall–Kier alpha value is -3.63. The largest absolute Gasteiger partial charge is 0.497 e. The van der Waals surface area contributed by atoms with Crippen LogP contribution in [0, 0.1) is 6.92 Å². The van der Waals surface area contributed by atoms with Crippen molar-refractivity contribution in [1.29, 1.82) is 0 Å². The maximum atomic E-state index is 13.0. The van der Waals surface area contributed by atoms with Crippen LogP contribution in [-0.4, -0.2) is 44.1 Å². The Labute approximate surface area is 218 Å². The molecule has 0 bridgehead atoms. The number of hydrogen-bond acceptors (Lipinski definition) is 6. The molecular formula is C26H26N4O4S2. The van der Waals surface area contributed by atoms with Gasteiger partial charge in [0, 0.05) is 20.0 Å². The van der Waals surface area contributed by atoms with Crippen LogP contribution in [0.15, 0.2) is 64.3 Å². The molecule has 0 aliphatic carbocycles. The monoisotopic (exact) mass is 522 g/mol. The molecule has 1 N–H and O–H groups in total. The van der Waals surface area contributed by atoms with Gasteiger partial charge in [-0.25, -0.2) is 4.68 Å². The van der Waals surface area contributed by atoms with Gasteiger partial charge in [-0.2, -0.15) is 0 Å². The highest BCUT2D eigenvalue weighted by atomic mass is 32.2. The van der Waals surface area contributed by atoms with Gasteiger partial charge in [0.2, 0.25) is 5.91 Å². The Bertz CT molecular complexity index is 1410. The minimum Gasteiger partial charge on any atom is -0.497 e. The topological polar surface area (TPSA) is 85.6 Å². The number of nitrogens with one attached hydrogen (secondary N) is 1. The van der Waals surface area contributed by atoms with Crippen LogP contribution in [0.3, 0.4) is 0 Å². The summed E-state index contributed by atoms with van der Waals surface area (Å²) in [7, 11) is 3.36. The van der Waals surface area contributed by atoms with Gasteiger partial charge in [-0.1, -0.05) is 54.3 Å². The second kappa shape index (κ2) is 11.0. The molecule has 1 aliphatic rings. The van der Waals surface area contributed by atoms with Gasteiger partial charge in [-0.15, -0.1) is 0 Å². The van der Waals surface area contributed by atoms with E-state index in [2.05, 4.69) is 5.32 Å². The third-order valence-corrected chi connectivity index (χ3v) is 7.25. The minimum absolute atomic E-state index is 0.144. The molecule has 0 atom stereocenters. The molecular weight excluding hydrogens is 496 g/mol. The first kappa shape index (κ1) is 25.5. The zero-order valence-corrected chi connectivity index (χ0v) is 21.8. The number of para-hydroxylation sites is 1. The van der Waals surface area contributed by atoms with Crippen molar-refractivity contribution >= 4 is 51.9 Å². The van der Waals surface area contributed by atoms with Crippen molar-refractivity contribution in [2.45, 2.75) is 19.8 Å². The van der Waals surface area contributed by atoms with Crippen molar-refractivity contribution in [3.63, 3.8) is 0 Å². The molecule has 1 fully saturated rings. The number of amides is 2. The number of thioether (sulfide) groups is 1. The summed E-state index contributed by atoms with van der Waals surface area (Å²) in [6.07, 6.45) is 2.33. The summed E-state index contributed by atoms with van der Waals surface area (Å²) in [4.78, 5) is 40.5. The zero-order valence-electron chi connectivity index (χ0n) is 20.2. The molecule has 10 heteroatoms. The second-order valence-electron chi connectivity index (χ2n) is 8.20. The van der Waals surface area contributed by atoms with Crippen LogP contribution in [0.1, 0.15) is 24.1 Å². The predicted octanol–water partition coefficient (Wildman–Crippen LogP) is 4.11. The molecule has 36 heavy (non-hydrogen) atoms. The summed E-state index contributed by atoms with van der Waals surface area (Å²) in [6.45, 7) is 2.10. The lowest BCUT2D eigenvalue weighted by Gasteiger charge is -2.14. The van der Waals surface area contributed by atoms with E-state index in [-0.39, 0.29) is 29.5 Å². The van der Waals surface area contributed by atoms with Gasteiger partial charge in [0.1, 0.15) is 15.8 Å². The first-order valence-corrected chi connectivity index (χ1v) is 12.6. The highest BCUT2D eigenvalue weighted by molar-refractivity contribution is 8.26. The number of benzene rings is 2. The highest BCUT2D eigenvalue weighted by Crippen LogP contribution is 2.33. The third-order valence-electron chi connectivity index (χ3n) is 5.87. The standard InChI is InChI=1S/C26H26N4O4S2/c1-17-23(25(33)30(28(17)2)19-10-5-4-6-11-19)27-22(31)13-8-14-29-24(32)21(36-26(29)35)16-18-9-7-12-20(15-18)34-3/h4-7,9-12,15-16H,8,13-14H2,1-3H3,(H,27,31). The number of carbonyl (C=O) groups excluding carboxylic acids is 2. The number of rotatable bonds is 8. The SMILES string of the molecule is COc1cccc(C=C2SC(=S)N(CCCC(=O)Nc3c(C)n(C)n(-c4ccccc4)c3=O)C2=O)c1. The van der Waals surface area contributed by atoms with Gasteiger partial charge in [-0.05, 0) is 49.2 Å². The lowest BCUT2D eigenvalue weighted by Crippen LogP contribution is -2.30. The third kappa shape index (κ3) is 5.29. The van der Waals surface area contributed by atoms with E-state index in [9.17, 15) is 14.4 Å². The van der Waals surface area contributed by atoms with E-state index < -0.39 is 0 Å². The first-order chi connectivity index (χ1) is 17.3. The van der Waals surface area contributed by atoms with Gasteiger partial charge in [-0.3, -0.25) is 24.0 Å². The summed E-state index contributed by atoms with van der Waals surface area (Å²) < 4.78 is 8.92. The number of anilines is 1. The molecule has 2 aromatic carbocycles. The number of nitrogens with zero attached hydrogens (tertiary/aromatic N) is 3. The fraction of sp³-hybridized carbons (Fsp3) is 0.231. The fourth-order valence-electron chi connectivity index (χ4n) is 3.89. The smallest absolute Gasteiger partial charge is 0.295 e. The molecule has 8 nitrogen and oxygen atoms in total. The van der Waals surface area contributed by atoms with E-state index in [1.165, 1.54) is 21.3 Å². The molecule has 2 heterocycles. The molecule has 1 saturated heterocycles. The highest BCUT2D eigenvalue weighted by Gasteiger charge is 2.31. The van der Waals surface area contributed by atoms with Gasteiger partial charge < -0.3 is 10.1 Å². The molecule has 2 amide bonds. The van der Waals surface area contributed by atoms with Gasteiger partial charge >= 0.3 is 0 Å². The number of ether oxygens (including phenoxy) is 1. The van der Waals surface area contributed by atoms with E-state index >= 15 is 0 Å². The van der Waals surface area contributed by atoms with Gasteiger partial charge in [0.25, 0.3) is 11.5 Å². The molecule has 0 radical (unpaired) electrons. The summed E-state index contributed by atoms with van der Waals surface area (Å²) in [6, 6.07) is 16.7. The predicted molar refractivity (Wildman–Crippen MR) is 146 cm³/mol.